The molecule has 0 fully saturated rings. The number of carbonyl (C=O) groups excluding carboxylic acids is 1. The largest absolute Gasteiger partial charge is 0.409 e. The number of hydrogen-bond acceptors (Lipinski definition) is 4. The molecule has 4 N–H and O–H groups in total. The number of nitrogens with one attached hydrogen (secondary N) is 1. The van der Waals surface area contributed by atoms with Gasteiger partial charge in [-0.3, -0.25) is 4.79 Å². The van der Waals surface area contributed by atoms with Crippen LogP contribution in [0.3, 0.4) is 0 Å². The van der Waals surface area contributed by atoms with Crippen molar-refractivity contribution in [3.05, 3.63) is 29.0 Å². The lowest BCUT2D eigenvalue weighted by molar-refractivity contribution is 0.0934. The smallest absolute Gasteiger partial charge is 0.270 e. The van der Waals surface area contributed by atoms with E-state index in [1.165, 1.54) is 12.3 Å². The Labute approximate surface area is 110 Å². The topological polar surface area (TPSA) is 101 Å². The summed E-state index contributed by atoms with van der Waals surface area (Å²) in [5.41, 5.74) is 5.73. The SMILES string of the molecule is CC(C)C(NC(=O)c1ccc(Cl)cn1)C(N)=NO. The van der Waals surface area contributed by atoms with Crippen molar-refractivity contribution in [1.82, 2.24) is 10.3 Å². The van der Waals surface area contributed by atoms with Gasteiger partial charge in [0, 0.05) is 6.20 Å². The predicted octanol–water partition coefficient (Wildman–Crippen LogP) is 1.24. The first-order chi connectivity index (χ1) is 8.45. The molecule has 0 bridgehead atoms. The fourth-order valence-corrected chi connectivity index (χ4v) is 1.48. The van der Waals surface area contributed by atoms with E-state index in [9.17, 15) is 4.79 Å². The van der Waals surface area contributed by atoms with E-state index in [4.69, 9.17) is 22.5 Å². The van der Waals surface area contributed by atoms with Gasteiger partial charge in [0.2, 0.25) is 0 Å². The predicted molar refractivity (Wildman–Crippen MR) is 68.7 cm³/mol. The van der Waals surface area contributed by atoms with Gasteiger partial charge in [-0.2, -0.15) is 0 Å². The highest BCUT2D eigenvalue weighted by Crippen LogP contribution is 2.07. The molecule has 18 heavy (non-hydrogen) atoms. The highest BCUT2D eigenvalue weighted by atomic mass is 35.5. The molecule has 1 rings (SSSR count). The molecule has 1 aromatic heterocycles. The summed E-state index contributed by atoms with van der Waals surface area (Å²) in [5.74, 6) is -0.471. The van der Waals surface area contributed by atoms with Crippen molar-refractivity contribution in [2.75, 3.05) is 0 Å². The lowest BCUT2D eigenvalue weighted by Crippen LogP contribution is -2.48. The van der Waals surface area contributed by atoms with E-state index in [1.54, 1.807) is 6.07 Å². The molecule has 0 saturated carbocycles. The Morgan fingerprint density at radius 1 is 1.56 bits per heavy atom. The molecular weight excluding hydrogens is 256 g/mol. The van der Waals surface area contributed by atoms with Crippen LogP contribution in [0.1, 0.15) is 24.3 Å². The summed E-state index contributed by atoms with van der Waals surface area (Å²) in [5, 5.41) is 14.7. The second-order valence-electron chi connectivity index (χ2n) is 4.08. The zero-order chi connectivity index (χ0) is 13.7. The van der Waals surface area contributed by atoms with Crippen LogP contribution in [-0.2, 0) is 0 Å². The van der Waals surface area contributed by atoms with Crippen LogP contribution in [0.4, 0.5) is 0 Å². The van der Waals surface area contributed by atoms with E-state index in [-0.39, 0.29) is 17.4 Å². The highest BCUT2D eigenvalue weighted by molar-refractivity contribution is 6.30. The first-order valence-corrected chi connectivity index (χ1v) is 5.73. The third-order valence-corrected chi connectivity index (χ3v) is 2.57. The van der Waals surface area contributed by atoms with Crippen LogP contribution in [0.2, 0.25) is 5.02 Å². The number of pyridine rings is 1. The summed E-state index contributed by atoms with van der Waals surface area (Å²) in [6, 6.07) is 2.51. The molecule has 0 radical (unpaired) electrons. The fourth-order valence-electron chi connectivity index (χ4n) is 1.37. The van der Waals surface area contributed by atoms with Crippen molar-refractivity contribution in [2.24, 2.45) is 16.8 Å². The standard InChI is InChI=1S/C11H15ClN4O2/c1-6(2)9(10(13)16-18)15-11(17)8-4-3-7(12)5-14-8/h3-6,9,18H,1-2H3,(H2,13,16)(H,15,17). The van der Waals surface area contributed by atoms with Crippen LogP contribution in [0, 0.1) is 5.92 Å². The minimum atomic E-state index is -0.556. The number of carbonyl (C=O) groups is 1. The number of hydrogen-bond donors (Lipinski definition) is 3. The van der Waals surface area contributed by atoms with E-state index < -0.39 is 11.9 Å². The third-order valence-electron chi connectivity index (χ3n) is 2.35. The molecule has 0 spiro atoms. The summed E-state index contributed by atoms with van der Waals surface area (Å²) in [6.45, 7) is 3.69. The van der Waals surface area contributed by atoms with Crippen molar-refractivity contribution in [3.8, 4) is 0 Å². The number of aromatic nitrogens is 1. The monoisotopic (exact) mass is 270 g/mol. The zero-order valence-electron chi connectivity index (χ0n) is 10.1. The molecule has 0 aliphatic rings. The van der Waals surface area contributed by atoms with Crippen LogP contribution >= 0.6 is 11.6 Å². The van der Waals surface area contributed by atoms with Gasteiger partial charge in [-0.1, -0.05) is 30.6 Å². The summed E-state index contributed by atoms with van der Waals surface area (Å²) < 4.78 is 0. The van der Waals surface area contributed by atoms with Crippen molar-refractivity contribution in [3.63, 3.8) is 0 Å². The first-order valence-electron chi connectivity index (χ1n) is 5.35. The number of halogens is 1. The van der Waals surface area contributed by atoms with Gasteiger partial charge in [-0.25, -0.2) is 4.98 Å². The second-order valence-corrected chi connectivity index (χ2v) is 4.52. The Morgan fingerprint density at radius 3 is 2.67 bits per heavy atom. The molecule has 1 heterocycles. The van der Waals surface area contributed by atoms with Crippen molar-refractivity contribution in [2.45, 2.75) is 19.9 Å². The first kappa shape index (κ1) is 14.2. The van der Waals surface area contributed by atoms with Gasteiger partial charge in [-0.05, 0) is 18.1 Å². The molecule has 7 heteroatoms. The normalized spacial score (nSPS) is 13.4. The van der Waals surface area contributed by atoms with Crippen LogP contribution in [0.15, 0.2) is 23.5 Å². The lowest BCUT2D eigenvalue weighted by Gasteiger charge is -2.20. The Morgan fingerprint density at radius 2 is 2.22 bits per heavy atom. The second kappa shape index (κ2) is 6.20. The Hall–Kier alpha value is -1.82. The Balaban J connectivity index is 2.82. The van der Waals surface area contributed by atoms with Crippen molar-refractivity contribution < 1.29 is 10.0 Å². The van der Waals surface area contributed by atoms with E-state index in [0.717, 1.165) is 0 Å². The van der Waals surface area contributed by atoms with Gasteiger partial charge in [0.25, 0.3) is 5.91 Å². The molecule has 0 saturated heterocycles. The van der Waals surface area contributed by atoms with E-state index in [2.05, 4.69) is 15.5 Å². The maximum atomic E-state index is 11.9. The van der Waals surface area contributed by atoms with Crippen molar-refractivity contribution >= 4 is 23.3 Å². The average molecular weight is 271 g/mol. The molecule has 1 unspecified atom stereocenters. The van der Waals surface area contributed by atoms with Gasteiger partial charge >= 0.3 is 0 Å². The molecule has 6 nitrogen and oxygen atoms in total. The number of oxime groups is 1. The van der Waals surface area contributed by atoms with Gasteiger partial charge in [0.15, 0.2) is 5.84 Å². The molecular formula is C11H15ClN4O2. The maximum Gasteiger partial charge on any atom is 0.270 e. The molecule has 1 amide bonds. The molecule has 0 aromatic carbocycles. The number of nitrogens with two attached hydrogens (primary N) is 1. The Bertz CT molecular complexity index is 445. The summed E-state index contributed by atoms with van der Waals surface area (Å²) in [6.07, 6.45) is 1.38. The van der Waals surface area contributed by atoms with Gasteiger partial charge in [0.1, 0.15) is 5.69 Å². The van der Waals surface area contributed by atoms with E-state index in [1.807, 2.05) is 13.8 Å². The van der Waals surface area contributed by atoms with E-state index >= 15 is 0 Å². The number of nitrogens with zero attached hydrogens (tertiary/aromatic N) is 2. The maximum absolute atomic E-state index is 11.9. The van der Waals surface area contributed by atoms with Crippen LogP contribution < -0.4 is 11.1 Å². The van der Waals surface area contributed by atoms with Gasteiger partial charge in [0.05, 0.1) is 11.1 Å². The minimum absolute atomic E-state index is 0.0165. The molecule has 1 atom stereocenters. The Kier molecular flexibility index (Phi) is 4.91. The van der Waals surface area contributed by atoms with Crippen LogP contribution in [-0.4, -0.2) is 28.0 Å². The van der Waals surface area contributed by atoms with Crippen LogP contribution in [0.5, 0.6) is 0 Å². The van der Waals surface area contributed by atoms with Gasteiger partial charge < -0.3 is 16.3 Å². The molecule has 98 valence electrons. The highest BCUT2D eigenvalue weighted by Gasteiger charge is 2.21. The number of rotatable bonds is 4. The lowest BCUT2D eigenvalue weighted by atomic mass is 10.0. The summed E-state index contributed by atoms with van der Waals surface area (Å²) >= 11 is 5.68. The van der Waals surface area contributed by atoms with Gasteiger partial charge in [-0.15, -0.1) is 0 Å². The summed E-state index contributed by atoms with van der Waals surface area (Å²) in [4.78, 5) is 15.8. The summed E-state index contributed by atoms with van der Waals surface area (Å²) in [7, 11) is 0. The quantitative estimate of drug-likeness (QED) is 0.332. The average Bonchev–Trinajstić information content (AvgIpc) is 2.35. The fraction of sp³-hybridized carbons (Fsp3) is 0.364. The molecule has 1 aromatic rings. The molecule has 0 aliphatic carbocycles. The number of amidine groups is 1. The van der Waals surface area contributed by atoms with E-state index in [0.29, 0.717) is 5.02 Å². The zero-order valence-corrected chi connectivity index (χ0v) is 10.8. The molecule has 0 aliphatic heterocycles. The number of amides is 1. The van der Waals surface area contributed by atoms with Crippen LogP contribution in [0.25, 0.3) is 0 Å². The minimum Gasteiger partial charge on any atom is -0.409 e. The third kappa shape index (κ3) is 3.59. The van der Waals surface area contributed by atoms with Crippen molar-refractivity contribution in [1.29, 1.82) is 0 Å².